The Bertz CT molecular complexity index is 1190. The van der Waals surface area contributed by atoms with Gasteiger partial charge in [0.15, 0.2) is 5.16 Å². The van der Waals surface area contributed by atoms with Crippen molar-refractivity contribution in [1.82, 2.24) is 19.4 Å². The SMILES string of the molecule is CCCn1c(SCC(=O)N2CCN(C(=O)Nc3ccccc3)CC2)nc2ccccc2c1=O. The fourth-order valence-corrected chi connectivity index (χ4v) is 4.71. The van der Waals surface area contributed by atoms with E-state index in [-0.39, 0.29) is 23.3 Å². The van der Waals surface area contributed by atoms with E-state index in [4.69, 9.17) is 0 Å². The zero-order valence-corrected chi connectivity index (χ0v) is 19.4. The van der Waals surface area contributed by atoms with Crippen LogP contribution < -0.4 is 10.9 Å². The Kier molecular flexibility index (Phi) is 7.29. The number of carbonyl (C=O) groups is 2. The molecule has 3 aromatic rings. The molecular weight excluding hydrogens is 438 g/mol. The monoisotopic (exact) mass is 465 g/mol. The number of amides is 3. The first-order valence-corrected chi connectivity index (χ1v) is 12.1. The number of benzene rings is 2. The molecule has 0 aliphatic carbocycles. The Labute approximate surface area is 196 Å². The maximum absolute atomic E-state index is 12.9. The normalized spacial score (nSPS) is 13.8. The number of aromatic nitrogens is 2. The first kappa shape index (κ1) is 22.8. The highest BCUT2D eigenvalue weighted by Gasteiger charge is 2.24. The number of anilines is 1. The van der Waals surface area contributed by atoms with Gasteiger partial charge in [0.1, 0.15) is 0 Å². The van der Waals surface area contributed by atoms with Crippen LogP contribution in [0, 0.1) is 0 Å². The number of para-hydroxylation sites is 2. The van der Waals surface area contributed by atoms with Gasteiger partial charge in [0.25, 0.3) is 5.56 Å². The molecule has 0 spiro atoms. The molecule has 1 aliphatic rings. The van der Waals surface area contributed by atoms with E-state index in [1.165, 1.54) is 11.8 Å². The second-order valence-corrected chi connectivity index (χ2v) is 8.76. The van der Waals surface area contributed by atoms with Gasteiger partial charge < -0.3 is 15.1 Å². The molecule has 0 atom stereocenters. The lowest BCUT2D eigenvalue weighted by molar-refractivity contribution is -0.129. The third-order valence-corrected chi connectivity index (χ3v) is 6.50. The Morgan fingerprint density at radius 1 is 0.970 bits per heavy atom. The fraction of sp³-hybridized carbons (Fsp3) is 0.333. The van der Waals surface area contributed by atoms with Crippen molar-refractivity contribution in [3.63, 3.8) is 0 Å². The van der Waals surface area contributed by atoms with Gasteiger partial charge >= 0.3 is 6.03 Å². The summed E-state index contributed by atoms with van der Waals surface area (Å²) in [5.41, 5.74) is 1.32. The average Bonchev–Trinajstić information content (AvgIpc) is 2.85. The molecule has 33 heavy (non-hydrogen) atoms. The topological polar surface area (TPSA) is 87.5 Å². The summed E-state index contributed by atoms with van der Waals surface area (Å²) in [7, 11) is 0. The molecule has 3 amide bonds. The number of piperazine rings is 1. The maximum Gasteiger partial charge on any atom is 0.321 e. The predicted octanol–water partition coefficient (Wildman–Crippen LogP) is 3.27. The van der Waals surface area contributed by atoms with Gasteiger partial charge in [-0.25, -0.2) is 9.78 Å². The summed E-state index contributed by atoms with van der Waals surface area (Å²) >= 11 is 1.29. The number of nitrogens with zero attached hydrogens (tertiary/aromatic N) is 4. The molecule has 172 valence electrons. The minimum atomic E-state index is -0.161. The summed E-state index contributed by atoms with van der Waals surface area (Å²) < 4.78 is 1.66. The molecule has 1 aromatic heterocycles. The number of carbonyl (C=O) groups excluding carboxylic acids is 2. The second kappa shape index (κ2) is 10.5. The molecule has 0 unspecified atom stereocenters. The molecule has 1 N–H and O–H groups in total. The lowest BCUT2D eigenvalue weighted by Gasteiger charge is -2.34. The van der Waals surface area contributed by atoms with Crippen molar-refractivity contribution in [1.29, 1.82) is 0 Å². The van der Waals surface area contributed by atoms with Crippen LogP contribution in [-0.4, -0.2) is 63.2 Å². The second-order valence-electron chi connectivity index (χ2n) is 7.82. The van der Waals surface area contributed by atoms with Crippen LogP contribution in [0.5, 0.6) is 0 Å². The van der Waals surface area contributed by atoms with Gasteiger partial charge in [-0.1, -0.05) is 49.0 Å². The molecular formula is C24H27N5O3S. The van der Waals surface area contributed by atoms with Gasteiger partial charge in [-0.2, -0.15) is 0 Å². The van der Waals surface area contributed by atoms with Crippen LogP contribution in [0.3, 0.4) is 0 Å². The minimum absolute atomic E-state index is 0.0198. The van der Waals surface area contributed by atoms with Crippen LogP contribution in [0.25, 0.3) is 10.9 Å². The summed E-state index contributed by atoms with van der Waals surface area (Å²) in [5, 5.41) is 4.03. The van der Waals surface area contributed by atoms with Crippen LogP contribution in [0.4, 0.5) is 10.5 Å². The van der Waals surface area contributed by atoms with Crippen LogP contribution >= 0.6 is 11.8 Å². The molecule has 2 aromatic carbocycles. The number of thioether (sulfide) groups is 1. The van der Waals surface area contributed by atoms with E-state index in [1.54, 1.807) is 20.4 Å². The van der Waals surface area contributed by atoms with Crippen molar-refractivity contribution in [2.75, 3.05) is 37.2 Å². The first-order chi connectivity index (χ1) is 16.1. The van der Waals surface area contributed by atoms with Gasteiger partial charge in [-0.15, -0.1) is 0 Å². The number of fused-ring (bicyclic) bond motifs is 1. The number of hydrogen-bond donors (Lipinski definition) is 1. The molecule has 1 aliphatic heterocycles. The molecule has 8 nitrogen and oxygen atoms in total. The van der Waals surface area contributed by atoms with Crippen LogP contribution in [0.15, 0.2) is 64.5 Å². The molecule has 0 saturated carbocycles. The fourth-order valence-electron chi connectivity index (χ4n) is 3.78. The van der Waals surface area contributed by atoms with E-state index in [0.717, 1.165) is 12.1 Å². The summed E-state index contributed by atoms with van der Waals surface area (Å²) in [5.74, 6) is 0.179. The summed E-state index contributed by atoms with van der Waals surface area (Å²) in [4.78, 5) is 46.3. The van der Waals surface area contributed by atoms with Crippen LogP contribution in [-0.2, 0) is 11.3 Å². The Balaban J connectivity index is 1.35. The van der Waals surface area contributed by atoms with Crippen LogP contribution in [0.2, 0.25) is 0 Å². The van der Waals surface area contributed by atoms with E-state index >= 15 is 0 Å². The first-order valence-electron chi connectivity index (χ1n) is 11.1. The highest BCUT2D eigenvalue weighted by molar-refractivity contribution is 7.99. The minimum Gasteiger partial charge on any atom is -0.338 e. The highest BCUT2D eigenvalue weighted by Crippen LogP contribution is 2.19. The lowest BCUT2D eigenvalue weighted by Crippen LogP contribution is -2.52. The smallest absolute Gasteiger partial charge is 0.321 e. The average molecular weight is 466 g/mol. The van der Waals surface area contributed by atoms with Crippen molar-refractivity contribution >= 4 is 40.3 Å². The van der Waals surface area contributed by atoms with Crippen molar-refractivity contribution in [3.8, 4) is 0 Å². The summed E-state index contributed by atoms with van der Waals surface area (Å²) in [6.07, 6.45) is 0.800. The molecule has 9 heteroatoms. The molecule has 1 fully saturated rings. The van der Waals surface area contributed by atoms with E-state index in [1.807, 2.05) is 55.5 Å². The van der Waals surface area contributed by atoms with Crippen molar-refractivity contribution in [3.05, 3.63) is 65.0 Å². The van der Waals surface area contributed by atoms with Crippen molar-refractivity contribution in [2.45, 2.75) is 25.0 Å². The van der Waals surface area contributed by atoms with Gasteiger partial charge in [0, 0.05) is 38.4 Å². The van der Waals surface area contributed by atoms with Crippen LogP contribution in [0.1, 0.15) is 13.3 Å². The van der Waals surface area contributed by atoms with Gasteiger partial charge in [0.2, 0.25) is 5.91 Å². The zero-order valence-electron chi connectivity index (χ0n) is 18.6. The molecule has 4 rings (SSSR count). The number of rotatable bonds is 6. The maximum atomic E-state index is 12.9. The highest BCUT2D eigenvalue weighted by atomic mass is 32.2. The Morgan fingerprint density at radius 3 is 2.36 bits per heavy atom. The Hall–Kier alpha value is -3.33. The third kappa shape index (κ3) is 5.36. The van der Waals surface area contributed by atoms with Gasteiger partial charge in [-0.3, -0.25) is 14.2 Å². The largest absolute Gasteiger partial charge is 0.338 e. The predicted molar refractivity (Wildman–Crippen MR) is 131 cm³/mol. The molecule has 0 radical (unpaired) electrons. The van der Waals surface area contributed by atoms with E-state index in [0.29, 0.717) is 48.8 Å². The quantitative estimate of drug-likeness (QED) is 0.446. The summed E-state index contributed by atoms with van der Waals surface area (Å²) in [6.45, 7) is 4.48. The van der Waals surface area contributed by atoms with E-state index < -0.39 is 0 Å². The number of hydrogen-bond acceptors (Lipinski definition) is 5. The standard InChI is InChI=1S/C24H27N5O3S/c1-2-12-29-22(31)19-10-6-7-11-20(19)26-24(29)33-17-21(30)27-13-15-28(16-14-27)23(32)25-18-8-4-3-5-9-18/h3-11H,2,12-17H2,1H3,(H,25,32). The lowest BCUT2D eigenvalue weighted by atomic mass is 10.2. The van der Waals surface area contributed by atoms with Crippen molar-refractivity contribution < 1.29 is 9.59 Å². The third-order valence-electron chi connectivity index (χ3n) is 5.54. The van der Waals surface area contributed by atoms with E-state index in [9.17, 15) is 14.4 Å². The number of nitrogens with one attached hydrogen (secondary N) is 1. The Morgan fingerprint density at radius 2 is 1.64 bits per heavy atom. The zero-order chi connectivity index (χ0) is 23.2. The summed E-state index contributed by atoms with van der Waals surface area (Å²) in [6, 6.07) is 16.4. The van der Waals surface area contributed by atoms with Crippen molar-refractivity contribution in [2.24, 2.45) is 0 Å². The van der Waals surface area contributed by atoms with E-state index in [2.05, 4.69) is 10.3 Å². The molecule has 0 bridgehead atoms. The molecule has 2 heterocycles. The van der Waals surface area contributed by atoms with Gasteiger partial charge in [-0.05, 0) is 30.7 Å². The molecule has 1 saturated heterocycles. The van der Waals surface area contributed by atoms with Gasteiger partial charge in [0.05, 0.1) is 16.7 Å². The number of urea groups is 1.